The number of rotatable bonds is 4. The van der Waals surface area contributed by atoms with Crippen molar-refractivity contribution in [1.29, 1.82) is 0 Å². The van der Waals surface area contributed by atoms with Crippen LogP contribution in [0.25, 0.3) is 0 Å². The minimum atomic E-state index is 0.364. The summed E-state index contributed by atoms with van der Waals surface area (Å²) in [5.41, 5.74) is 12.1. The van der Waals surface area contributed by atoms with Gasteiger partial charge in [-0.3, -0.25) is 0 Å². The molecule has 0 fully saturated rings. The summed E-state index contributed by atoms with van der Waals surface area (Å²) in [6.45, 7) is 0. The van der Waals surface area contributed by atoms with Crippen LogP contribution in [0.3, 0.4) is 0 Å². The number of anilines is 2. The fourth-order valence-electron chi connectivity index (χ4n) is 1.32. The van der Waals surface area contributed by atoms with Crippen molar-refractivity contribution in [2.45, 2.75) is 10.9 Å². The number of nitrogens with two attached hydrogens (primary N) is 2. The van der Waals surface area contributed by atoms with Gasteiger partial charge in [-0.2, -0.15) is 0 Å². The number of nitrogens with zero attached hydrogens (tertiary/aromatic N) is 3. The van der Waals surface area contributed by atoms with Crippen molar-refractivity contribution in [2.75, 3.05) is 18.6 Å². The standard InChI is InChI=1S/C11H13N5OS/c1-17-10-4-2-3-7(14-10)6-18-11-15-8(12)5-9(13)16-11/h2-5H,6H2,1H3,(H4,12,13,15,16). The lowest BCUT2D eigenvalue weighted by Crippen LogP contribution is -1.99. The monoisotopic (exact) mass is 263 g/mol. The minimum absolute atomic E-state index is 0.364. The van der Waals surface area contributed by atoms with Crippen molar-refractivity contribution in [2.24, 2.45) is 0 Å². The molecule has 0 atom stereocenters. The first kappa shape index (κ1) is 12.4. The molecule has 4 N–H and O–H groups in total. The first-order chi connectivity index (χ1) is 8.67. The van der Waals surface area contributed by atoms with E-state index < -0.39 is 0 Å². The first-order valence-corrected chi connectivity index (χ1v) is 6.18. The molecule has 0 aliphatic carbocycles. The first-order valence-electron chi connectivity index (χ1n) is 5.20. The smallest absolute Gasteiger partial charge is 0.213 e. The lowest BCUT2D eigenvalue weighted by molar-refractivity contribution is 0.397. The van der Waals surface area contributed by atoms with E-state index in [1.165, 1.54) is 17.8 Å². The zero-order valence-corrected chi connectivity index (χ0v) is 10.6. The number of methoxy groups -OCH3 is 1. The minimum Gasteiger partial charge on any atom is -0.481 e. The molecule has 0 amide bonds. The van der Waals surface area contributed by atoms with Gasteiger partial charge in [-0.05, 0) is 6.07 Å². The van der Waals surface area contributed by atoms with Crippen molar-refractivity contribution < 1.29 is 4.74 Å². The van der Waals surface area contributed by atoms with Gasteiger partial charge >= 0.3 is 0 Å². The Labute approximate surface area is 109 Å². The Morgan fingerprint density at radius 1 is 1.17 bits per heavy atom. The molecule has 0 aliphatic heterocycles. The number of ether oxygens (including phenoxy) is 1. The molecule has 0 saturated heterocycles. The van der Waals surface area contributed by atoms with E-state index in [-0.39, 0.29) is 0 Å². The van der Waals surface area contributed by atoms with Crippen LogP contribution in [0, 0.1) is 0 Å². The predicted octanol–water partition coefficient (Wildman–Crippen LogP) is 1.34. The molecule has 0 aromatic carbocycles. The van der Waals surface area contributed by atoms with Crippen LogP contribution in [0.1, 0.15) is 5.69 Å². The largest absolute Gasteiger partial charge is 0.481 e. The van der Waals surface area contributed by atoms with E-state index in [0.29, 0.717) is 28.4 Å². The molecular weight excluding hydrogens is 250 g/mol. The van der Waals surface area contributed by atoms with Gasteiger partial charge in [-0.25, -0.2) is 15.0 Å². The van der Waals surface area contributed by atoms with Gasteiger partial charge < -0.3 is 16.2 Å². The highest BCUT2D eigenvalue weighted by molar-refractivity contribution is 7.98. The summed E-state index contributed by atoms with van der Waals surface area (Å²) < 4.78 is 5.05. The SMILES string of the molecule is COc1cccc(CSc2nc(N)cc(N)n2)n1. The third-order valence-electron chi connectivity index (χ3n) is 2.08. The maximum Gasteiger partial charge on any atom is 0.213 e. The summed E-state index contributed by atoms with van der Waals surface area (Å²) in [6.07, 6.45) is 0. The molecule has 0 saturated carbocycles. The van der Waals surface area contributed by atoms with Gasteiger partial charge in [-0.1, -0.05) is 17.8 Å². The van der Waals surface area contributed by atoms with Crippen LogP contribution in [0.15, 0.2) is 29.4 Å². The molecule has 2 aromatic heterocycles. The fourth-order valence-corrected chi connectivity index (χ4v) is 2.09. The number of hydrogen-bond donors (Lipinski definition) is 2. The molecule has 0 unspecified atom stereocenters. The quantitative estimate of drug-likeness (QED) is 0.634. The Bertz CT molecular complexity index is 528. The van der Waals surface area contributed by atoms with Crippen LogP contribution < -0.4 is 16.2 Å². The molecular formula is C11H13N5OS. The van der Waals surface area contributed by atoms with Crippen molar-refractivity contribution >= 4 is 23.4 Å². The highest BCUT2D eigenvalue weighted by atomic mass is 32.2. The molecule has 0 bridgehead atoms. The summed E-state index contributed by atoms with van der Waals surface area (Å²) in [5, 5.41) is 0.539. The van der Waals surface area contributed by atoms with E-state index in [0.717, 1.165) is 5.69 Å². The summed E-state index contributed by atoms with van der Waals surface area (Å²) in [4.78, 5) is 12.5. The van der Waals surface area contributed by atoms with Gasteiger partial charge in [0, 0.05) is 17.9 Å². The van der Waals surface area contributed by atoms with Gasteiger partial charge in [0.15, 0.2) is 5.16 Å². The van der Waals surface area contributed by atoms with Gasteiger partial charge in [0.05, 0.1) is 12.8 Å². The van der Waals surface area contributed by atoms with Gasteiger partial charge in [0.25, 0.3) is 0 Å². The van der Waals surface area contributed by atoms with Crippen molar-refractivity contribution in [1.82, 2.24) is 15.0 Å². The molecule has 2 rings (SSSR count). The molecule has 18 heavy (non-hydrogen) atoms. The molecule has 7 heteroatoms. The van der Waals surface area contributed by atoms with E-state index in [4.69, 9.17) is 16.2 Å². The lowest BCUT2D eigenvalue weighted by Gasteiger charge is -2.04. The van der Waals surface area contributed by atoms with Crippen LogP contribution in [-0.4, -0.2) is 22.1 Å². The van der Waals surface area contributed by atoms with Gasteiger partial charge in [0.2, 0.25) is 5.88 Å². The van der Waals surface area contributed by atoms with E-state index >= 15 is 0 Å². The van der Waals surface area contributed by atoms with Crippen LogP contribution in [0.4, 0.5) is 11.6 Å². The molecule has 6 nitrogen and oxygen atoms in total. The zero-order chi connectivity index (χ0) is 13.0. The molecule has 0 radical (unpaired) electrons. The average molecular weight is 263 g/mol. The topological polar surface area (TPSA) is 99.9 Å². The molecule has 2 aromatic rings. The van der Waals surface area contributed by atoms with Crippen LogP contribution in [0.2, 0.25) is 0 Å². The predicted molar refractivity (Wildman–Crippen MR) is 71.2 cm³/mol. The summed E-state index contributed by atoms with van der Waals surface area (Å²) in [6, 6.07) is 7.11. The Morgan fingerprint density at radius 2 is 1.89 bits per heavy atom. The third-order valence-corrected chi connectivity index (χ3v) is 2.97. The van der Waals surface area contributed by atoms with Crippen molar-refractivity contribution in [3.05, 3.63) is 30.0 Å². The second-order valence-electron chi connectivity index (χ2n) is 3.46. The summed E-state index contributed by atoms with van der Waals surface area (Å²) in [5.74, 6) is 1.94. The molecule has 0 aliphatic rings. The van der Waals surface area contributed by atoms with Gasteiger partial charge in [-0.15, -0.1) is 0 Å². The number of pyridine rings is 1. The maximum atomic E-state index is 5.59. The molecule has 94 valence electrons. The Balaban J connectivity index is 2.06. The van der Waals surface area contributed by atoms with Crippen LogP contribution in [-0.2, 0) is 5.75 Å². The van der Waals surface area contributed by atoms with Gasteiger partial charge in [0.1, 0.15) is 11.6 Å². The Hall–Kier alpha value is -2.02. The zero-order valence-electron chi connectivity index (χ0n) is 9.83. The third kappa shape index (κ3) is 3.24. The van der Waals surface area contributed by atoms with E-state index in [9.17, 15) is 0 Å². The van der Waals surface area contributed by atoms with Crippen LogP contribution >= 0.6 is 11.8 Å². The fraction of sp³-hybridized carbons (Fsp3) is 0.182. The molecule has 0 spiro atoms. The molecule has 2 heterocycles. The van der Waals surface area contributed by atoms with Crippen molar-refractivity contribution in [3.8, 4) is 5.88 Å². The van der Waals surface area contributed by atoms with Crippen molar-refractivity contribution in [3.63, 3.8) is 0 Å². The van der Waals surface area contributed by atoms with E-state index in [2.05, 4.69) is 15.0 Å². The van der Waals surface area contributed by atoms with E-state index in [1.807, 2.05) is 12.1 Å². The highest BCUT2D eigenvalue weighted by Gasteiger charge is 2.04. The Kier molecular flexibility index (Phi) is 3.83. The normalized spacial score (nSPS) is 10.3. The number of hydrogen-bond acceptors (Lipinski definition) is 7. The highest BCUT2D eigenvalue weighted by Crippen LogP contribution is 2.21. The Morgan fingerprint density at radius 3 is 2.56 bits per heavy atom. The van der Waals surface area contributed by atoms with Crippen LogP contribution in [0.5, 0.6) is 5.88 Å². The number of nitrogen functional groups attached to an aromatic ring is 2. The van der Waals surface area contributed by atoms with E-state index in [1.54, 1.807) is 13.2 Å². The average Bonchev–Trinajstić information content (AvgIpc) is 2.35. The summed E-state index contributed by atoms with van der Waals surface area (Å²) in [7, 11) is 1.58. The maximum absolute atomic E-state index is 5.59. The second kappa shape index (κ2) is 5.54. The second-order valence-corrected chi connectivity index (χ2v) is 4.40. The lowest BCUT2D eigenvalue weighted by atomic mass is 10.4. The summed E-state index contributed by atoms with van der Waals surface area (Å²) >= 11 is 1.42. The number of thioether (sulfide) groups is 1. The number of aromatic nitrogens is 3.